The number of hydrogen-bond donors (Lipinski definition) is 1. The fraction of sp³-hybridized carbons (Fsp3) is 0.333. The van der Waals surface area contributed by atoms with Gasteiger partial charge in [-0.1, -0.05) is 36.4 Å². The summed E-state index contributed by atoms with van der Waals surface area (Å²) in [5.41, 5.74) is 1.23. The first kappa shape index (κ1) is 14.1. The molecule has 1 N–H and O–H groups in total. The molecule has 1 aliphatic heterocycles. The molecule has 1 aliphatic rings. The van der Waals surface area contributed by atoms with Crippen LogP contribution in [0, 0.1) is 0 Å². The zero-order valence-electron chi connectivity index (χ0n) is 12.5. The third kappa shape index (κ3) is 2.67. The highest BCUT2D eigenvalue weighted by atomic mass is 16.5. The van der Waals surface area contributed by atoms with Crippen molar-refractivity contribution < 1.29 is 4.74 Å². The van der Waals surface area contributed by atoms with Crippen LogP contribution in [-0.4, -0.2) is 38.2 Å². The van der Waals surface area contributed by atoms with E-state index in [1.807, 2.05) is 6.08 Å². The van der Waals surface area contributed by atoms with E-state index in [1.165, 1.54) is 16.3 Å². The molecule has 21 heavy (non-hydrogen) atoms. The summed E-state index contributed by atoms with van der Waals surface area (Å²) in [7, 11) is 1.74. The summed E-state index contributed by atoms with van der Waals surface area (Å²) in [6, 6.07) is 12.9. The highest BCUT2D eigenvalue weighted by Gasteiger charge is 2.24. The van der Waals surface area contributed by atoms with Gasteiger partial charge < -0.3 is 10.1 Å². The summed E-state index contributed by atoms with van der Waals surface area (Å²) < 4.78 is 5.64. The number of nitrogens with zero attached hydrogens (tertiary/aromatic N) is 1. The number of piperazine rings is 1. The molecule has 0 amide bonds. The van der Waals surface area contributed by atoms with E-state index in [0.717, 1.165) is 31.9 Å². The van der Waals surface area contributed by atoms with Crippen molar-refractivity contribution in [2.45, 2.75) is 6.04 Å². The minimum absolute atomic E-state index is 0.188. The third-order valence-electron chi connectivity index (χ3n) is 4.21. The molecule has 0 radical (unpaired) electrons. The molecule has 0 bridgehead atoms. The summed E-state index contributed by atoms with van der Waals surface area (Å²) in [6.07, 6.45) is 2.04. The molecule has 1 heterocycles. The molecule has 3 heteroatoms. The second-order valence-corrected chi connectivity index (χ2v) is 5.37. The molecule has 1 fully saturated rings. The Morgan fingerprint density at radius 3 is 2.67 bits per heavy atom. The van der Waals surface area contributed by atoms with Gasteiger partial charge in [0, 0.05) is 31.7 Å². The van der Waals surface area contributed by atoms with Gasteiger partial charge in [-0.05, 0) is 16.8 Å². The van der Waals surface area contributed by atoms with Crippen molar-refractivity contribution in [3.63, 3.8) is 0 Å². The lowest BCUT2D eigenvalue weighted by atomic mass is 9.96. The molecule has 3 nitrogen and oxygen atoms in total. The van der Waals surface area contributed by atoms with Crippen LogP contribution in [0.25, 0.3) is 10.8 Å². The Morgan fingerprint density at radius 2 is 1.95 bits per heavy atom. The maximum Gasteiger partial charge on any atom is 0.124 e. The molecule has 110 valence electrons. The summed E-state index contributed by atoms with van der Waals surface area (Å²) in [5.74, 6) is 0.942. The van der Waals surface area contributed by atoms with Gasteiger partial charge in [0.1, 0.15) is 5.75 Å². The van der Waals surface area contributed by atoms with E-state index in [2.05, 4.69) is 53.2 Å². The third-order valence-corrected chi connectivity index (χ3v) is 4.21. The molecular formula is C18H22N2O. The van der Waals surface area contributed by atoms with Gasteiger partial charge in [-0.3, -0.25) is 4.90 Å². The van der Waals surface area contributed by atoms with E-state index in [1.54, 1.807) is 7.11 Å². The van der Waals surface area contributed by atoms with Crippen LogP contribution in [0.2, 0.25) is 0 Å². The van der Waals surface area contributed by atoms with Crippen LogP contribution in [0.1, 0.15) is 11.6 Å². The van der Waals surface area contributed by atoms with Crippen molar-refractivity contribution in [2.24, 2.45) is 0 Å². The maximum absolute atomic E-state index is 5.64. The maximum atomic E-state index is 5.64. The van der Waals surface area contributed by atoms with Crippen molar-refractivity contribution in [2.75, 3.05) is 33.3 Å². The normalized spacial score (nSPS) is 17.6. The zero-order valence-corrected chi connectivity index (χ0v) is 12.5. The van der Waals surface area contributed by atoms with Gasteiger partial charge in [-0.2, -0.15) is 0 Å². The van der Waals surface area contributed by atoms with Crippen molar-refractivity contribution in [1.82, 2.24) is 10.2 Å². The number of benzene rings is 2. The molecule has 0 saturated carbocycles. The van der Waals surface area contributed by atoms with Crippen LogP contribution in [0.5, 0.6) is 5.75 Å². The number of hydrogen-bond acceptors (Lipinski definition) is 3. The lowest BCUT2D eigenvalue weighted by molar-refractivity contribution is 0.201. The summed E-state index contributed by atoms with van der Waals surface area (Å²) in [5, 5.41) is 5.90. The van der Waals surface area contributed by atoms with Gasteiger partial charge in [0.05, 0.1) is 13.2 Å². The number of fused-ring (bicyclic) bond motifs is 1. The fourth-order valence-electron chi connectivity index (χ4n) is 3.17. The van der Waals surface area contributed by atoms with Crippen molar-refractivity contribution in [3.05, 3.63) is 54.6 Å². The summed E-state index contributed by atoms with van der Waals surface area (Å²) >= 11 is 0. The molecular weight excluding hydrogens is 260 g/mol. The van der Waals surface area contributed by atoms with E-state index in [-0.39, 0.29) is 6.04 Å². The Labute approximate surface area is 126 Å². The Hall–Kier alpha value is -1.84. The topological polar surface area (TPSA) is 24.5 Å². The van der Waals surface area contributed by atoms with Gasteiger partial charge in [-0.25, -0.2) is 0 Å². The average Bonchev–Trinajstić information content (AvgIpc) is 2.56. The first-order chi connectivity index (χ1) is 10.3. The predicted octanol–water partition coefficient (Wildman–Crippen LogP) is 2.98. The van der Waals surface area contributed by atoms with Crippen LogP contribution >= 0.6 is 0 Å². The van der Waals surface area contributed by atoms with Crippen molar-refractivity contribution >= 4 is 10.8 Å². The summed E-state index contributed by atoms with van der Waals surface area (Å²) in [4.78, 5) is 2.47. The molecule has 0 spiro atoms. The zero-order chi connectivity index (χ0) is 14.7. The van der Waals surface area contributed by atoms with E-state index >= 15 is 0 Å². The first-order valence-electron chi connectivity index (χ1n) is 7.48. The molecule has 3 rings (SSSR count). The van der Waals surface area contributed by atoms with Gasteiger partial charge in [-0.15, -0.1) is 6.58 Å². The second kappa shape index (κ2) is 6.29. The monoisotopic (exact) mass is 282 g/mol. The first-order valence-corrected chi connectivity index (χ1v) is 7.48. The molecule has 0 unspecified atom stereocenters. The SMILES string of the molecule is C=C[C@@H](c1c(OC)ccc2ccccc12)N1CCNCC1. The number of nitrogens with one attached hydrogen (secondary N) is 1. The molecule has 0 aromatic heterocycles. The van der Waals surface area contributed by atoms with Gasteiger partial charge >= 0.3 is 0 Å². The van der Waals surface area contributed by atoms with Gasteiger partial charge in [0.25, 0.3) is 0 Å². The lowest BCUT2D eigenvalue weighted by Crippen LogP contribution is -2.44. The fourth-order valence-corrected chi connectivity index (χ4v) is 3.17. The van der Waals surface area contributed by atoms with Crippen LogP contribution in [0.4, 0.5) is 0 Å². The summed E-state index contributed by atoms with van der Waals surface area (Å²) in [6.45, 7) is 8.19. The molecule has 2 aromatic carbocycles. The number of ether oxygens (including phenoxy) is 1. The number of rotatable bonds is 4. The highest BCUT2D eigenvalue weighted by Crippen LogP contribution is 2.36. The quantitative estimate of drug-likeness (QED) is 0.873. The van der Waals surface area contributed by atoms with E-state index in [9.17, 15) is 0 Å². The van der Waals surface area contributed by atoms with E-state index in [0.29, 0.717) is 0 Å². The van der Waals surface area contributed by atoms with Crippen LogP contribution in [-0.2, 0) is 0 Å². The molecule has 1 atom stereocenters. The minimum atomic E-state index is 0.188. The predicted molar refractivity (Wildman–Crippen MR) is 87.9 cm³/mol. The smallest absolute Gasteiger partial charge is 0.124 e. The average molecular weight is 282 g/mol. The standard InChI is InChI=1S/C18H22N2O/c1-3-16(20-12-10-19-11-13-20)18-15-7-5-4-6-14(15)8-9-17(18)21-2/h3-9,16,19H,1,10-13H2,2H3/t16-/m0/s1. The Bertz CT molecular complexity index is 632. The molecule has 2 aromatic rings. The van der Waals surface area contributed by atoms with Crippen LogP contribution in [0.15, 0.2) is 49.1 Å². The largest absolute Gasteiger partial charge is 0.496 e. The van der Waals surface area contributed by atoms with Crippen LogP contribution in [0.3, 0.4) is 0 Å². The Kier molecular flexibility index (Phi) is 4.23. The molecule has 0 aliphatic carbocycles. The van der Waals surface area contributed by atoms with E-state index in [4.69, 9.17) is 4.74 Å². The van der Waals surface area contributed by atoms with E-state index < -0.39 is 0 Å². The van der Waals surface area contributed by atoms with Crippen molar-refractivity contribution in [1.29, 1.82) is 0 Å². The number of methoxy groups -OCH3 is 1. The Balaban J connectivity index is 2.13. The van der Waals surface area contributed by atoms with Crippen LogP contribution < -0.4 is 10.1 Å². The Morgan fingerprint density at radius 1 is 1.19 bits per heavy atom. The van der Waals surface area contributed by atoms with Gasteiger partial charge in [0.15, 0.2) is 0 Å². The lowest BCUT2D eigenvalue weighted by Gasteiger charge is -2.34. The van der Waals surface area contributed by atoms with Crippen molar-refractivity contribution in [3.8, 4) is 5.75 Å². The molecule has 1 saturated heterocycles. The minimum Gasteiger partial charge on any atom is -0.496 e. The highest BCUT2D eigenvalue weighted by molar-refractivity contribution is 5.88. The second-order valence-electron chi connectivity index (χ2n) is 5.37. The van der Waals surface area contributed by atoms with Gasteiger partial charge in [0.2, 0.25) is 0 Å².